The Labute approximate surface area is 172 Å². The van der Waals surface area contributed by atoms with E-state index in [1.165, 1.54) is 31.2 Å². The number of hydrogen-bond donors (Lipinski definition) is 2. The maximum atomic E-state index is 12.2. The molecule has 150 valence electrons. The lowest BCUT2D eigenvalue weighted by molar-refractivity contribution is -0.129. The third kappa shape index (κ3) is 5.93. The van der Waals surface area contributed by atoms with E-state index in [1.807, 2.05) is 0 Å². The molecular formula is C18H18Cl2N2O5S. The van der Waals surface area contributed by atoms with Crippen LogP contribution >= 0.6 is 23.2 Å². The fourth-order valence-electron chi connectivity index (χ4n) is 2.29. The predicted octanol–water partition coefficient (Wildman–Crippen LogP) is 2.54. The molecule has 2 aromatic carbocycles. The molecule has 0 aromatic heterocycles. The minimum Gasteiger partial charge on any atom is -0.449 e. The molecule has 10 heteroatoms. The molecule has 0 heterocycles. The Balaban J connectivity index is 1.86. The van der Waals surface area contributed by atoms with Gasteiger partial charge >= 0.3 is 5.97 Å². The molecule has 2 aromatic rings. The first-order chi connectivity index (χ1) is 13.1. The van der Waals surface area contributed by atoms with Gasteiger partial charge in [0.1, 0.15) is 0 Å². The molecule has 1 amide bonds. The predicted molar refractivity (Wildman–Crippen MR) is 106 cm³/mol. The Kier molecular flexibility index (Phi) is 7.42. The van der Waals surface area contributed by atoms with Crippen molar-refractivity contribution < 1.29 is 22.7 Å². The Bertz CT molecular complexity index is 958. The van der Waals surface area contributed by atoms with Crippen LogP contribution in [-0.2, 0) is 26.0 Å². The van der Waals surface area contributed by atoms with Crippen LogP contribution in [0, 0.1) is 0 Å². The third-order valence-corrected chi connectivity index (χ3v) is 5.34. The van der Waals surface area contributed by atoms with Crippen LogP contribution in [-0.4, -0.2) is 32.9 Å². The molecule has 0 aliphatic heterocycles. The molecule has 3 N–H and O–H groups in total. The maximum absolute atomic E-state index is 12.2. The number of nitrogens with two attached hydrogens (primary N) is 1. The number of halogens is 2. The topological polar surface area (TPSA) is 116 Å². The summed E-state index contributed by atoms with van der Waals surface area (Å²) in [5.74, 6) is -1.28. The number of carbonyl (C=O) groups is 2. The first kappa shape index (κ1) is 22.2. The normalized spacial score (nSPS) is 12.3. The SMILES string of the molecule is CC(OC(=O)c1c(Cl)cccc1Cl)C(=O)NCCc1ccc(S(N)(=O)=O)cc1. The van der Waals surface area contributed by atoms with Crippen LogP contribution in [0.5, 0.6) is 0 Å². The lowest BCUT2D eigenvalue weighted by Gasteiger charge is -2.14. The Morgan fingerprint density at radius 1 is 1.11 bits per heavy atom. The van der Waals surface area contributed by atoms with Gasteiger partial charge < -0.3 is 10.1 Å². The smallest absolute Gasteiger partial charge is 0.341 e. The number of esters is 1. The second-order valence-corrected chi connectivity index (χ2v) is 8.25. The van der Waals surface area contributed by atoms with Crippen molar-refractivity contribution in [2.75, 3.05) is 6.54 Å². The summed E-state index contributed by atoms with van der Waals surface area (Å²) in [5, 5.41) is 7.94. The van der Waals surface area contributed by atoms with Crippen molar-refractivity contribution in [2.24, 2.45) is 5.14 Å². The van der Waals surface area contributed by atoms with E-state index < -0.39 is 28.0 Å². The average Bonchev–Trinajstić information content (AvgIpc) is 2.61. The van der Waals surface area contributed by atoms with Gasteiger partial charge in [-0.15, -0.1) is 0 Å². The highest BCUT2D eigenvalue weighted by atomic mass is 35.5. The summed E-state index contributed by atoms with van der Waals surface area (Å²) >= 11 is 11.9. The van der Waals surface area contributed by atoms with E-state index in [4.69, 9.17) is 33.1 Å². The standard InChI is InChI=1S/C18H18Cl2N2O5S/c1-11(27-18(24)16-14(19)3-2-4-15(16)20)17(23)22-10-9-12-5-7-13(8-6-12)28(21,25)26/h2-8,11H,9-10H2,1H3,(H,22,23)(H2,21,25,26). The first-order valence-electron chi connectivity index (χ1n) is 8.14. The van der Waals surface area contributed by atoms with Crippen molar-refractivity contribution in [2.45, 2.75) is 24.3 Å². The molecule has 0 spiro atoms. The van der Waals surface area contributed by atoms with E-state index in [1.54, 1.807) is 18.2 Å². The quantitative estimate of drug-likeness (QED) is 0.636. The summed E-state index contributed by atoms with van der Waals surface area (Å²) in [4.78, 5) is 24.3. The highest BCUT2D eigenvalue weighted by molar-refractivity contribution is 7.89. The number of nitrogens with one attached hydrogen (secondary N) is 1. The van der Waals surface area contributed by atoms with Crippen molar-refractivity contribution in [1.82, 2.24) is 5.32 Å². The van der Waals surface area contributed by atoms with Gasteiger partial charge in [-0.3, -0.25) is 4.79 Å². The van der Waals surface area contributed by atoms with Gasteiger partial charge in [0.25, 0.3) is 5.91 Å². The van der Waals surface area contributed by atoms with Gasteiger partial charge in [0.05, 0.1) is 20.5 Å². The molecular weight excluding hydrogens is 427 g/mol. The summed E-state index contributed by atoms with van der Waals surface area (Å²) in [6.07, 6.45) is -0.599. The minimum atomic E-state index is -3.74. The fraction of sp³-hybridized carbons (Fsp3) is 0.222. The number of amides is 1. The van der Waals surface area contributed by atoms with Crippen LogP contribution < -0.4 is 10.5 Å². The highest BCUT2D eigenvalue weighted by Crippen LogP contribution is 2.25. The van der Waals surface area contributed by atoms with Crippen LogP contribution in [0.15, 0.2) is 47.4 Å². The van der Waals surface area contributed by atoms with Gasteiger partial charge in [-0.05, 0) is 43.2 Å². The fourth-order valence-corrected chi connectivity index (χ4v) is 3.35. The lowest BCUT2D eigenvalue weighted by atomic mass is 10.1. The molecule has 0 fully saturated rings. The molecule has 28 heavy (non-hydrogen) atoms. The van der Waals surface area contributed by atoms with Crippen LogP contribution in [0.25, 0.3) is 0 Å². The molecule has 0 bridgehead atoms. The van der Waals surface area contributed by atoms with Crippen LogP contribution in [0.1, 0.15) is 22.8 Å². The van der Waals surface area contributed by atoms with Gasteiger partial charge in [-0.1, -0.05) is 41.4 Å². The lowest BCUT2D eigenvalue weighted by Crippen LogP contribution is -2.37. The van der Waals surface area contributed by atoms with Crippen LogP contribution in [0.2, 0.25) is 10.0 Å². The number of primary sulfonamides is 1. The minimum absolute atomic E-state index is 0.000397. The summed E-state index contributed by atoms with van der Waals surface area (Å²) in [7, 11) is -3.74. The maximum Gasteiger partial charge on any atom is 0.341 e. The van der Waals surface area contributed by atoms with E-state index in [-0.39, 0.29) is 27.0 Å². The second-order valence-electron chi connectivity index (χ2n) is 5.87. The Hall–Kier alpha value is -2.13. The summed E-state index contributed by atoms with van der Waals surface area (Å²) < 4.78 is 27.6. The van der Waals surface area contributed by atoms with Crippen molar-refractivity contribution in [3.05, 3.63) is 63.6 Å². The summed E-state index contributed by atoms with van der Waals surface area (Å²) in [5.41, 5.74) is 0.806. The zero-order valence-electron chi connectivity index (χ0n) is 14.8. The third-order valence-electron chi connectivity index (χ3n) is 3.78. The van der Waals surface area contributed by atoms with Crippen molar-refractivity contribution in [1.29, 1.82) is 0 Å². The van der Waals surface area contributed by atoms with E-state index in [0.717, 1.165) is 5.56 Å². The largest absolute Gasteiger partial charge is 0.449 e. The van der Waals surface area contributed by atoms with Gasteiger partial charge in [0.2, 0.25) is 10.0 Å². The molecule has 0 aliphatic carbocycles. The molecule has 0 aliphatic rings. The zero-order valence-corrected chi connectivity index (χ0v) is 17.1. The van der Waals surface area contributed by atoms with E-state index in [9.17, 15) is 18.0 Å². The van der Waals surface area contributed by atoms with Gasteiger partial charge in [0, 0.05) is 6.54 Å². The highest BCUT2D eigenvalue weighted by Gasteiger charge is 2.22. The molecule has 1 unspecified atom stereocenters. The van der Waals surface area contributed by atoms with E-state index in [2.05, 4.69) is 5.32 Å². The molecule has 1 atom stereocenters. The zero-order chi connectivity index (χ0) is 20.9. The van der Waals surface area contributed by atoms with Crippen molar-refractivity contribution >= 4 is 45.1 Å². The van der Waals surface area contributed by atoms with Crippen LogP contribution in [0.3, 0.4) is 0 Å². The molecule has 0 saturated carbocycles. The first-order valence-corrected chi connectivity index (χ1v) is 10.4. The number of carbonyl (C=O) groups excluding carboxylic acids is 2. The molecule has 7 nitrogen and oxygen atoms in total. The molecule has 2 rings (SSSR count). The number of rotatable bonds is 7. The second kappa shape index (κ2) is 9.38. The Morgan fingerprint density at radius 3 is 2.21 bits per heavy atom. The van der Waals surface area contributed by atoms with Crippen LogP contribution in [0.4, 0.5) is 0 Å². The monoisotopic (exact) mass is 444 g/mol. The average molecular weight is 445 g/mol. The summed E-state index contributed by atoms with van der Waals surface area (Å²) in [6.45, 7) is 1.70. The molecule has 0 saturated heterocycles. The number of ether oxygens (including phenoxy) is 1. The number of hydrogen-bond acceptors (Lipinski definition) is 5. The van der Waals surface area contributed by atoms with Crippen molar-refractivity contribution in [3.63, 3.8) is 0 Å². The van der Waals surface area contributed by atoms with Gasteiger partial charge in [-0.25, -0.2) is 18.4 Å². The van der Waals surface area contributed by atoms with Gasteiger partial charge in [0.15, 0.2) is 6.10 Å². The van der Waals surface area contributed by atoms with Gasteiger partial charge in [-0.2, -0.15) is 0 Å². The number of benzene rings is 2. The van der Waals surface area contributed by atoms with E-state index >= 15 is 0 Å². The van der Waals surface area contributed by atoms with Crippen molar-refractivity contribution in [3.8, 4) is 0 Å². The van der Waals surface area contributed by atoms with E-state index in [0.29, 0.717) is 6.42 Å². The molecule has 0 radical (unpaired) electrons. The summed E-state index contributed by atoms with van der Waals surface area (Å²) in [6, 6.07) is 10.6. The Morgan fingerprint density at radius 2 is 1.68 bits per heavy atom. The number of sulfonamides is 1.